The predicted molar refractivity (Wildman–Crippen MR) is 94.8 cm³/mol. The molecule has 0 bridgehead atoms. The summed E-state index contributed by atoms with van der Waals surface area (Å²) >= 11 is 0. The minimum Gasteiger partial charge on any atom is -0.786 e. The molecule has 0 aromatic heterocycles. The van der Waals surface area contributed by atoms with Gasteiger partial charge in [0.15, 0.2) is 0 Å². The minimum absolute atomic E-state index is 0. The van der Waals surface area contributed by atoms with E-state index in [1.165, 1.54) is 64.2 Å². The third-order valence-electron chi connectivity index (χ3n) is 3.89. The Hall–Kier alpha value is 1.95. The van der Waals surface area contributed by atoms with Crippen molar-refractivity contribution >= 4 is 8.60 Å². The average Bonchev–Trinajstić information content (AvgIpc) is 2.52. The molecule has 0 N–H and O–H groups in total. The van der Waals surface area contributed by atoms with Crippen molar-refractivity contribution in [1.82, 2.24) is 0 Å². The Morgan fingerprint density at radius 3 is 1.30 bits per heavy atom. The van der Waals surface area contributed by atoms with Crippen LogP contribution in [0.5, 0.6) is 0 Å². The summed E-state index contributed by atoms with van der Waals surface area (Å²) in [6.45, 7) is 5.53. The fraction of sp³-hybridized carbons (Fsp3) is 1.00. The van der Waals surface area contributed by atoms with Crippen LogP contribution in [0.3, 0.4) is 0 Å². The minimum atomic E-state index is -1.89. The van der Waals surface area contributed by atoms with Crippen LogP contribution in [-0.2, 0) is 9.05 Å². The Balaban J connectivity index is 0. The first-order chi connectivity index (χ1) is 10.8. The average molecular weight is 373 g/mol. The van der Waals surface area contributed by atoms with Gasteiger partial charge in [-0.3, -0.25) is 0 Å². The van der Waals surface area contributed by atoms with Gasteiger partial charge in [0.25, 0.3) is 0 Å². The molecule has 0 fully saturated rings. The van der Waals surface area contributed by atoms with Crippen molar-refractivity contribution in [3.8, 4) is 0 Å². The zero-order valence-electron chi connectivity index (χ0n) is 16.0. The zero-order valence-corrected chi connectivity index (χ0v) is 20.0. The molecule has 0 aromatic carbocycles. The van der Waals surface area contributed by atoms with Crippen LogP contribution in [-0.4, -0.2) is 13.2 Å². The van der Waals surface area contributed by atoms with E-state index >= 15 is 0 Å². The molecule has 0 saturated heterocycles. The molecule has 0 aliphatic rings. The van der Waals surface area contributed by atoms with Crippen molar-refractivity contribution in [3.05, 3.63) is 0 Å². The Morgan fingerprint density at radius 2 is 0.870 bits per heavy atom. The van der Waals surface area contributed by atoms with Crippen LogP contribution < -0.4 is 56.3 Å². The second-order valence-electron chi connectivity index (χ2n) is 6.13. The van der Waals surface area contributed by atoms with Crippen LogP contribution in [0.2, 0.25) is 0 Å². The van der Waals surface area contributed by atoms with E-state index < -0.39 is 8.60 Å². The standard InChI is InChI=1S/C18H38O3P.K/c1-3-5-7-8-9-10-11-12-13-14-16-18-21-22(19)20-17-15-6-4-2;/h3-18H2,1-2H3;/q-1;+1. The van der Waals surface area contributed by atoms with E-state index in [9.17, 15) is 4.89 Å². The van der Waals surface area contributed by atoms with Crippen molar-refractivity contribution in [1.29, 1.82) is 0 Å². The van der Waals surface area contributed by atoms with Crippen LogP contribution in [0.1, 0.15) is 104 Å². The van der Waals surface area contributed by atoms with Crippen LogP contribution in [0.25, 0.3) is 0 Å². The summed E-state index contributed by atoms with van der Waals surface area (Å²) in [5.41, 5.74) is 0. The maximum absolute atomic E-state index is 11.4. The summed E-state index contributed by atoms with van der Waals surface area (Å²) in [4.78, 5) is 11.4. The quantitative estimate of drug-likeness (QED) is 0.211. The third-order valence-corrected chi connectivity index (χ3v) is 4.68. The Labute approximate surface area is 189 Å². The molecule has 0 heterocycles. The molecule has 5 heteroatoms. The van der Waals surface area contributed by atoms with E-state index in [1.807, 2.05) is 0 Å². The molecule has 0 amide bonds. The first kappa shape index (κ1) is 27.2. The fourth-order valence-corrected chi connectivity index (χ4v) is 3.06. The Kier molecular flexibility index (Phi) is 28.3. The predicted octanol–water partition coefficient (Wildman–Crippen LogP) is 3.11. The van der Waals surface area contributed by atoms with Gasteiger partial charge >= 0.3 is 51.4 Å². The van der Waals surface area contributed by atoms with E-state index in [0.29, 0.717) is 13.2 Å². The maximum Gasteiger partial charge on any atom is 1.00 e. The monoisotopic (exact) mass is 372 g/mol. The maximum atomic E-state index is 11.4. The molecule has 1 atom stereocenters. The summed E-state index contributed by atoms with van der Waals surface area (Å²) in [5, 5.41) is 0. The molecular weight excluding hydrogens is 334 g/mol. The Bertz CT molecular complexity index is 209. The second-order valence-corrected chi connectivity index (χ2v) is 7.10. The number of rotatable bonds is 18. The summed E-state index contributed by atoms with van der Waals surface area (Å²) in [6, 6.07) is 0. The van der Waals surface area contributed by atoms with E-state index in [2.05, 4.69) is 13.8 Å². The molecular formula is C18H38KO3P. The van der Waals surface area contributed by atoms with E-state index in [4.69, 9.17) is 9.05 Å². The normalized spacial score (nSPS) is 12.1. The van der Waals surface area contributed by atoms with Gasteiger partial charge in [-0.1, -0.05) is 90.9 Å². The van der Waals surface area contributed by atoms with Crippen LogP contribution in [0.4, 0.5) is 0 Å². The zero-order chi connectivity index (χ0) is 16.3. The van der Waals surface area contributed by atoms with Crippen LogP contribution >= 0.6 is 8.60 Å². The van der Waals surface area contributed by atoms with Crippen LogP contribution in [0.15, 0.2) is 0 Å². The van der Waals surface area contributed by atoms with Crippen molar-refractivity contribution in [2.75, 3.05) is 13.2 Å². The molecule has 0 aromatic rings. The van der Waals surface area contributed by atoms with Crippen molar-refractivity contribution in [3.63, 3.8) is 0 Å². The number of hydrogen-bond acceptors (Lipinski definition) is 3. The summed E-state index contributed by atoms with van der Waals surface area (Å²) in [7, 11) is -1.89. The van der Waals surface area contributed by atoms with E-state index in [1.54, 1.807) is 0 Å². The van der Waals surface area contributed by atoms with Gasteiger partial charge in [0, 0.05) is 0 Å². The molecule has 23 heavy (non-hydrogen) atoms. The summed E-state index contributed by atoms with van der Waals surface area (Å²) < 4.78 is 10.3. The number of hydrogen-bond donors (Lipinski definition) is 0. The summed E-state index contributed by atoms with van der Waals surface area (Å²) in [6.07, 6.45) is 17.7. The Morgan fingerprint density at radius 1 is 0.565 bits per heavy atom. The van der Waals surface area contributed by atoms with Gasteiger partial charge in [-0.25, -0.2) is 0 Å². The van der Waals surface area contributed by atoms with Crippen molar-refractivity contribution < 1.29 is 65.3 Å². The van der Waals surface area contributed by atoms with E-state index in [0.717, 1.165) is 25.7 Å². The molecule has 0 saturated carbocycles. The first-order valence-corrected chi connectivity index (χ1v) is 10.6. The molecule has 3 nitrogen and oxygen atoms in total. The molecule has 0 spiro atoms. The van der Waals surface area contributed by atoms with Crippen molar-refractivity contribution in [2.24, 2.45) is 0 Å². The first-order valence-electron chi connectivity index (χ1n) is 9.54. The van der Waals surface area contributed by atoms with Gasteiger partial charge in [0.2, 0.25) is 0 Å². The van der Waals surface area contributed by atoms with Gasteiger partial charge in [0.1, 0.15) is 0 Å². The number of unbranched alkanes of at least 4 members (excludes halogenated alkanes) is 12. The molecule has 0 aliphatic carbocycles. The van der Waals surface area contributed by atoms with Gasteiger partial charge in [-0.2, -0.15) is 0 Å². The molecule has 0 aliphatic heterocycles. The van der Waals surface area contributed by atoms with Crippen molar-refractivity contribution in [2.45, 2.75) is 104 Å². The SMILES string of the molecule is CCCCCCCCCCCCCOP([O-])OCCCCC.[K+]. The topological polar surface area (TPSA) is 41.5 Å². The smallest absolute Gasteiger partial charge is 0.786 e. The van der Waals surface area contributed by atoms with Crippen LogP contribution in [0, 0.1) is 0 Å². The molecule has 0 rings (SSSR count). The van der Waals surface area contributed by atoms with Gasteiger partial charge in [-0.05, 0) is 12.8 Å². The molecule has 1 unspecified atom stereocenters. The summed E-state index contributed by atoms with van der Waals surface area (Å²) in [5.74, 6) is 0. The van der Waals surface area contributed by atoms with Gasteiger partial charge in [0.05, 0.1) is 21.8 Å². The molecule has 0 radical (unpaired) electrons. The largest absolute Gasteiger partial charge is 1.00 e. The second kappa shape index (κ2) is 23.9. The third kappa shape index (κ3) is 23.9. The molecule has 134 valence electrons. The fourth-order valence-electron chi connectivity index (χ4n) is 2.43. The van der Waals surface area contributed by atoms with Gasteiger partial charge < -0.3 is 13.9 Å². The van der Waals surface area contributed by atoms with E-state index in [-0.39, 0.29) is 51.4 Å². The van der Waals surface area contributed by atoms with Gasteiger partial charge in [-0.15, -0.1) is 0 Å².